The number of hydrogen-bond donors (Lipinski definition) is 1. The minimum absolute atomic E-state index is 0.0723. The van der Waals surface area contributed by atoms with Crippen molar-refractivity contribution >= 4 is 10.0 Å². The van der Waals surface area contributed by atoms with E-state index >= 15 is 0 Å². The summed E-state index contributed by atoms with van der Waals surface area (Å²) in [6.07, 6.45) is 2.98. The summed E-state index contributed by atoms with van der Waals surface area (Å²) in [5, 5.41) is 9.00. The zero-order valence-corrected chi connectivity index (χ0v) is 12.0. The second kappa shape index (κ2) is 5.28. The number of sulfonamides is 1. The standard InChI is InChI=1S/C15H13N3O2S/c16-10-14-15(6-3-9-17-14)21(19,20)18-13-8-7-11-4-1-2-5-12(11)13/h1-6,9,13,18H,7-8H2. The number of benzene rings is 1. The average Bonchev–Trinajstić information content (AvgIpc) is 2.90. The second-order valence-corrected chi connectivity index (χ2v) is 6.56. The highest BCUT2D eigenvalue weighted by Gasteiger charge is 2.28. The van der Waals surface area contributed by atoms with Crippen molar-refractivity contribution in [3.63, 3.8) is 0 Å². The molecule has 1 aliphatic carbocycles. The van der Waals surface area contributed by atoms with Crippen molar-refractivity contribution in [2.24, 2.45) is 0 Å². The predicted octanol–water partition coefficient (Wildman–Crippen LogP) is 1.92. The molecule has 2 aromatic rings. The fourth-order valence-electron chi connectivity index (χ4n) is 2.62. The fourth-order valence-corrected chi connectivity index (χ4v) is 3.98. The molecule has 0 aliphatic heterocycles. The van der Waals surface area contributed by atoms with E-state index in [4.69, 9.17) is 5.26 Å². The summed E-state index contributed by atoms with van der Waals surface area (Å²) in [6.45, 7) is 0. The van der Waals surface area contributed by atoms with Crippen LogP contribution in [0.5, 0.6) is 0 Å². The first kappa shape index (κ1) is 13.7. The lowest BCUT2D eigenvalue weighted by atomic mass is 10.1. The van der Waals surface area contributed by atoms with Gasteiger partial charge in [-0.2, -0.15) is 5.26 Å². The van der Waals surface area contributed by atoms with Gasteiger partial charge in [0.15, 0.2) is 5.69 Å². The van der Waals surface area contributed by atoms with Gasteiger partial charge in [-0.1, -0.05) is 24.3 Å². The summed E-state index contributed by atoms with van der Waals surface area (Å²) in [5.41, 5.74) is 2.08. The highest BCUT2D eigenvalue weighted by Crippen LogP contribution is 2.32. The van der Waals surface area contributed by atoms with E-state index < -0.39 is 10.0 Å². The monoisotopic (exact) mass is 299 g/mol. The molecule has 1 atom stereocenters. The number of aryl methyl sites for hydroxylation is 1. The molecule has 1 aliphatic rings. The van der Waals surface area contributed by atoms with Gasteiger partial charge in [0, 0.05) is 12.2 Å². The van der Waals surface area contributed by atoms with Crippen LogP contribution in [0.4, 0.5) is 0 Å². The van der Waals surface area contributed by atoms with Crippen LogP contribution < -0.4 is 4.72 Å². The Balaban J connectivity index is 1.94. The Kier molecular flexibility index (Phi) is 3.45. The van der Waals surface area contributed by atoms with Gasteiger partial charge in [-0.15, -0.1) is 0 Å². The summed E-state index contributed by atoms with van der Waals surface area (Å²) in [6, 6.07) is 12.3. The molecule has 6 heteroatoms. The largest absolute Gasteiger partial charge is 0.244 e. The van der Waals surface area contributed by atoms with Crippen LogP contribution >= 0.6 is 0 Å². The summed E-state index contributed by atoms with van der Waals surface area (Å²) in [4.78, 5) is 3.73. The molecule has 1 unspecified atom stereocenters. The van der Waals surface area contributed by atoms with E-state index in [1.54, 1.807) is 0 Å². The molecule has 0 fully saturated rings. The molecule has 0 saturated heterocycles. The molecule has 0 saturated carbocycles. The first-order valence-corrected chi connectivity index (χ1v) is 8.05. The van der Waals surface area contributed by atoms with Gasteiger partial charge in [0.05, 0.1) is 0 Å². The van der Waals surface area contributed by atoms with Crippen LogP contribution in [0.3, 0.4) is 0 Å². The van der Waals surface area contributed by atoms with Gasteiger partial charge in [0.1, 0.15) is 11.0 Å². The Morgan fingerprint density at radius 1 is 1.24 bits per heavy atom. The molecule has 1 aromatic carbocycles. The highest BCUT2D eigenvalue weighted by molar-refractivity contribution is 7.89. The molecule has 0 bridgehead atoms. The third-order valence-corrected chi connectivity index (χ3v) is 5.10. The lowest BCUT2D eigenvalue weighted by Gasteiger charge is -2.14. The van der Waals surface area contributed by atoms with E-state index in [0.29, 0.717) is 0 Å². The topological polar surface area (TPSA) is 82.8 Å². The number of nitrogens with one attached hydrogen (secondary N) is 1. The smallest absolute Gasteiger partial charge is 0.244 e. The van der Waals surface area contributed by atoms with Gasteiger partial charge in [0.25, 0.3) is 0 Å². The van der Waals surface area contributed by atoms with E-state index in [9.17, 15) is 8.42 Å². The summed E-state index contributed by atoms with van der Waals surface area (Å²) >= 11 is 0. The maximum Gasteiger partial charge on any atom is 0.244 e. The number of hydrogen-bond acceptors (Lipinski definition) is 4. The molecule has 0 amide bonds. The minimum Gasteiger partial charge on any atom is -0.244 e. The van der Waals surface area contributed by atoms with Crippen molar-refractivity contribution < 1.29 is 8.42 Å². The van der Waals surface area contributed by atoms with Crippen molar-refractivity contribution in [2.75, 3.05) is 0 Å². The average molecular weight is 299 g/mol. The molecule has 3 rings (SSSR count). The lowest BCUT2D eigenvalue weighted by molar-refractivity contribution is 0.554. The van der Waals surface area contributed by atoms with E-state index in [-0.39, 0.29) is 16.6 Å². The first-order valence-electron chi connectivity index (χ1n) is 6.57. The number of nitrogens with zero attached hydrogens (tertiary/aromatic N) is 2. The lowest BCUT2D eigenvalue weighted by Crippen LogP contribution is -2.28. The van der Waals surface area contributed by atoms with Crippen LogP contribution in [0, 0.1) is 11.3 Å². The summed E-state index contributed by atoms with van der Waals surface area (Å²) < 4.78 is 27.6. The number of fused-ring (bicyclic) bond motifs is 1. The second-order valence-electron chi connectivity index (χ2n) is 4.87. The molecule has 0 spiro atoms. The van der Waals surface area contributed by atoms with E-state index in [0.717, 1.165) is 24.0 Å². The van der Waals surface area contributed by atoms with Gasteiger partial charge in [-0.25, -0.2) is 18.1 Å². The van der Waals surface area contributed by atoms with Crippen LogP contribution in [0.1, 0.15) is 29.3 Å². The van der Waals surface area contributed by atoms with Crippen molar-refractivity contribution in [1.29, 1.82) is 5.26 Å². The van der Waals surface area contributed by atoms with E-state index in [2.05, 4.69) is 9.71 Å². The molecule has 1 N–H and O–H groups in total. The van der Waals surface area contributed by atoms with Gasteiger partial charge in [0.2, 0.25) is 10.0 Å². The molecule has 0 radical (unpaired) electrons. The van der Waals surface area contributed by atoms with Crippen LogP contribution in [0.2, 0.25) is 0 Å². The fraction of sp³-hybridized carbons (Fsp3) is 0.200. The maximum absolute atomic E-state index is 12.5. The Labute approximate surface area is 123 Å². The zero-order valence-electron chi connectivity index (χ0n) is 11.2. The molecule has 21 heavy (non-hydrogen) atoms. The molecule has 106 valence electrons. The Morgan fingerprint density at radius 3 is 2.86 bits per heavy atom. The van der Waals surface area contributed by atoms with Gasteiger partial charge in [-0.3, -0.25) is 0 Å². The molecule has 1 heterocycles. The van der Waals surface area contributed by atoms with Crippen LogP contribution in [-0.2, 0) is 16.4 Å². The van der Waals surface area contributed by atoms with Crippen molar-refractivity contribution in [3.05, 3.63) is 59.4 Å². The summed E-state index contributed by atoms with van der Waals surface area (Å²) in [7, 11) is -3.76. The SMILES string of the molecule is N#Cc1ncccc1S(=O)(=O)NC1CCc2ccccc21. The highest BCUT2D eigenvalue weighted by atomic mass is 32.2. The Hall–Kier alpha value is -2.23. The van der Waals surface area contributed by atoms with Crippen molar-refractivity contribution in [3.8, 4) is 6.07 Å². The normalized spacial score (nSPS) is 17.2. The number of pyridine rings is 1. The van der Waals surface area contributed by atoms with E-state index in [1.807, 2.05) is 30.3 Å². The third kappa shape index (κ3) is 2.53. The minimum atomic E-state index is -3.76. The summed E-state index contributed by atoms with van der Waals surface area (Å²) in [5.74, 6) is 0. The molecule has 5 nitrogen and oxygen atoms in total. The Morgan fingerprint density at radius 2 is 2.05 bits per heavy atom. The van der Waals surface area contributed by atoms with Gasteiger partial charge >= 0.3 is 0 Å². The van der Waals surface area contributed by atoms with E-state index in [1.165, 1.54) is 18.3 Å². The molecular formula is C15H13N3O2S. The number of aromatic nitrogens is 1. The predicted molar refractivity (Wildman–Crippen MR) is 76.8 cm³/mol. The van der Waals surface area contributed by atoms with Crippen LogP contribution in [-0.4, -0.2) is 13.4 Å². The molecular weight excluding hydrogens is 286 g/mol. The quantitative estimate of drug-likeness (QED) is 0.938. The third-order valence-electron chi connectivity index (χ3n) is 3.60. The van der Waals surface area contributed by atoms with Crippen LogP contribution in [0.25, 0.3) is 0 Å². The Bertz CT molecular complexity index is 825. The maximum atomic E-state index is 12.5. The van der Waals surface area contributed by atoms with Crippen molar-refractivity contribution in [1.82, 2.24) is 9.71 Å². The van der Waals surface area contributed by atoms with Gasteiger partial charge in [-0.05, 0) is 36.1 Å². The van der Waals surface area contributed by atoms with Crippen molar-refractivity contribution in [2.45, 2.75) is 23.8 Å². The first-order chi connectivity index (χ1) is 10.1. The van der Waals surface area contributed by atoms with Gasteiger partial charge < -0.3 is 0 Å². The zero-order chi connectivity index (χ0) is 14.9. The van der Waals surface area contributed by atoms with Crippen LogP contribution in [0.15, 0.2) is 47.5 Å². The number of rotatable bonds is 3. The molecule has 1 aromatic heterocycles. The number of nitriles is 1.